The van der Waals surface area contributed by atoms with Crippen molar-refractivity contribution in [3.8, 4) is 0 Å². The van der Waals surface area contributed by atoms with Crippen LogP contribution in [0.1, 0.15) is 51.4 Å². The van der Waals surface area contributed by atoms with E-state index >= 15 is 0 Å². The third-order valence-electron chi connectivity index (χ3n) is 5.18. The summed E-state index contributed by atoms with van der Waals surface area (Å²) in [4.78, 5) is 24.1. The lowest BCUT2D eigenvalue weighted by Gasteiger charge is -2.38. The van der Waals surface area contributed by atoms with E-state index in [9.17, 15) is 9.59 Å². The number of carbonyl (C=O) groups excluding carboxylic acids is 1. The second kappa shape index (κ2) is 9.23. The summed E-state index contributed by atoms with van der Waals surface area (Å²) >= 11 is 0. The van der Waals surface area contributed by atoms with Crippen molar-refractivity contribution in [2.24, 2.45) is 17.6 Å². The van der Waals surface area contributed by atoms with Crippen molar-refractivity contribution < 1.29 is 14.7 Å². The number of nitrogens with zero attached hydrogens (tertiary/aromatic N) is 1. The van der Waals surface area contributed by atoms with Gasteiger partial charge in [0.05, 0.1) is 6.54 Å². The second-order valence-corrected chi connectivity index (χ2v) is 7.30. The van der Waals surface area contributed by atoms with Crippen LogP contribution < -0.4 is 11.1 Å². The number of amides is 1. The first-order valence-electron chi connectivity index (χ1n) is 8.98. The third kappa shape index (κ3) is 6.87. The molecule has 0 aromatic heterocycles. The standard InChI is InChI=1S/C17H31N3O3/c18-16(21)12-20-10-14(6-7-17(22)23)8-15(11-20)19-9-13-4-2-1-3-5-13/h13-15,19H,1-12H2,(H2,18,21)(H,22,23). The van der Waals surface area contributed by atoms with Crippen molar-refractivity contribution >= 4 is 11.9 Å². The van der Waals surface area contributed by atoms with Gasteiger partial charge < -0.3 is 16.2 Å². The largest absolute Gasteiger partial charge is 0.481 e. The number of rotatable bonds is 8. The normalized spacial score (nSPS) is 27.0. The average molecular weight is 325 g/mol. The van der Waals surface area contributed by atoms with Gasteiger partial charge in [0.1, 0.15) is 0 Å². The van der Waals surface area contributed by atoms with E-state index in [0.717, 1.165) is 32.0 Å². The Morgan fingerprint density at radius 1 is 1.13 bits per heavy atom. The van der Waals surface area contributed by atoms with Crippen molar-refractivity contribution in [1.29, 1.82) is 0 Å². The van der Waals surface area contributed by atoms with Crippen LogP contribution in [0, 0.1) is 11.8 Å². The smallest absolute Gasteiger partial charge is 0.303 e. The van der Waals surface area contributed by atoms with Crippen LogP contribution in [0.15, 0.2) is 0 Å². The number of piperidine rings is 1. The van der Waals surface area contributed by atoms with E-state index in [4.69, 9.17) is 10.8 Å². The summed E-state index contributed by atoms with van der Waals surface area (Å²) in [7, 11) is 0. The molecule has 0 aromatic rings. The molecule has 6 heteroatoms. The zero-order valence-electron chi connectivity index (χ0n) is 14.0. The molecular formula is C17H31N3O3. The maximum absolute atomic E-state index is 11.2. The summed E-state index contributed by atoms with van der Waals surface area (Å²) in [5.41, 5.74) is 5.33. The van der Waals surface area contributed by atoms with E-state index in [-0.39, 0.29) is 18.9 Å². The van der Waals surface area contributed by atoms with Gasteiger partial charge in [0.2, 0.25) is 5.91 Å². The molecule has 0 bridgehead atoms. The van der Waals surface area contributed by atoms with Crippen LogP contribution >= 0.6 is 0 Å². The molecule has 0 radical (unpaired) electrons. The van der Waals surface area contributed by atoms with Gasteiger partial charge in [-0.1, -0.05) is 19.3 Å². The molecule has 23 heavy (non-hydrogen) atoms. The average Bonchev–Trinajstić information content (AvgIpc) is 2.51. The molecule has 0 spiro atoms. The summed E-state index contributed by atoms with van der Waals surface area (Å²) in [6, 6.07) is 0.337. The molecule has 1 aliphatic carbocycles. The van der Waals surface area contributed by atoms with E-state index in [1.807, 2.05) is 0 Å². The minimum absolute atomic E-state index is 0.199. The monoisotopic (exact) mass is 325 g/mol. The molecule has 1 saturated carbocycles. The lowest BCUT2D eigenvalue weighted by atomic mass is 9.87. The van der Waals surface area contributed by atoms with Gasteiger partial charge in [-0.15, -0.1) is 0 Å². The zero-order valence-corrected chi connectivity index (χ0v) is 14.0. The van der Waals surface area contributed by atoms with Crippen LogP contribution in [-0.2, 0) is 9.59 Å². The molecule has 2 rings (SSSR count). The van der Waals surface area contributed by atoms with Crippen LogP contribution in [-0.4, -0.2) is 54.1 Å². The van der Waals surface area contributed by atoms with Crippen molar-refractivity contribution in [1.82, 2.24) is 10.2 Å². The fourth-order valence-corrected chi connectivity index (χ4v) is 4.06. The lowest BCUT2D eigenvalue weighted by molar-refractivity contribution is -0.137. The van der Waals surface area contributed by atoms with Crippen LogP contribution in [0.5, 0.6) is 0 Å². The van der Waals surface area contributed by atoms with E-state index in [1.54, 1.807) is 0 Å². The Bertz CT molecular complexity index is 397. The summed E-state index contributed by atoms with van der Waals surface area (Å²) in [5.74, 6) is 0.0365. The molecule has 2 fully saturated rings. The fourth-order valence-electron chi connectivity index (χ4n) is 4.06. The highest BCUT2D eigenvalue weighted by molar-refractivity contribution is 5.75. The Hall–Kier alpha value is -1.14. The topological polar surface area (TPSA) is 95.7 Å². The summed E-state index contributed by atoms with van der Waals surface area (Å²) in [6.45, 7) is 2.92. The van der Waals surface area contributed by atoms with E-state index in [1.165, 1.54) is 32.1 Å². The first-order valence-corrected chi connectivity index (χ1v) is 8.98. The Balaban J connectivity index is 1.82. The van der Waals surface area contributed by atoms with Crippen LogP contribution in [0.4, 0.5) is 0 Å². The Labute approximate surface area is 138 Å². The van der Waals surface area contributed by atoms with Crippen molar-refractivity contribution in [2.75, 3.05) is 26.2 Å². The molecule has 2 unspecified atom stereocenters. The maximum atomic E-state index is 11.2. The number of hydrogen-bond acceptors (Lipinski definition) is 4. The van der Waals surface area contributed by atoms with E-state index < -0.39 is 5.97 Å². The highest BCUT2D eigenvalue weighted by Crippen LogP contribution is 2.25. The molecule has 6 nitrogen and oxygen atoms in total. The van der Waals surface area contributed by atoms with Crippen molar-refractivity contribution in [3.05, 3.63) is 0 Å². The minimum Gasteiger partial charge on any atom is -0.481 e. The number of carboxylic acid groups (broad SMARTS) is 1. The number of nitrogens with two attached hydrogens (primary N) is 1. The predicted octanol–water partition coefficient (Wildman–Crippen LogP) is 1.20. The summed E-state index contributed by atoms with van der Waals surface area (Å²) in [5, 5.41) is 12.6. The van der Waals surface area contributed by atoms with E-state index in [0.29, 0.717) is 18.4 Å². The van der Waals surface area contributed by atoms with Gasteiger partial charge >= 0.3 is 5.97 Å². The van der Waals surface area contributed by atoms with Crippen LogP contribution in [0.2, 0.25) is 0 Å². The second-order valence-electron chi connectivity index (χ2n) is 7.30. The van der Waals surface area contributed by atoms with Gasteiger partial charge in [0.15, 0.2) is 0 Å². The number of aliphatic carboxylic acids is 1. The number of hydrogen-bond donors (Lipinski definition) is 3. The maximum Gasteiger partial charge on any atom is 0.303 e. The summed E-state index contributed by atoms with van der Waals surface area (Å²) < 4.78 is 0. The van der Waals surface area contributed by atoms with Gasteiger partial charge in [0.25, 0.3) is 0 Å². The van der Waals surface area contributed by atoms with E-state index in [2.05, 4.69) is 10.2 Å². The summed E-state index contributed by atoms with van der Waals surface area (Å²) in [6.07, 6.45) is 8.54. The molecule has 1 saturated heterocycles. The SMILES string of the molecule is NC(=O)CN1CC(CCC(=O)O)CC(NCC2CCCCC2)C1. The number of carboxylic acids is 1. The molecule has 1 heterocycles. The molecule has 4 N–H and O–H groups in total. The quantitative estimate of drug-likeness (QED) is 0.623. The number of primary amides is 1. The molecule has 1 amide bonds. The minimum atomic E-state index is -0.747. The van der Waals surface area contributed by atoms with Crippen molar-refractivity contribution in [3.63, 3.8) is 0 Å². The predicted molar refractivity (Wildman–Crippen MR) is 89.0 cm³/mol. The molecule has 2 aliphatic rings. The first kappa shape index (κ1) is 18.2. The zero-order chi connectivity index (χ0) is 16.7. The third-order valence-corrected chi connectivity index (χ3v) is 5.18. The number of likely N-dealkylation sites (tertiary alicyclic amines) is 1. The van der Waals surface area contributed by atoms with Gasteiger partial charge in [0, 0.05) is 25.6 Å². The van der Waals surface area contributed by atoms with Crippen LogP contribution in [0.3, 0.4) is 0 Å². The number of nitrogens with one attached hydrogen (secondary N) is 1. The first-order chi connectivity index (χ1) is 11.0. The Morgan fingerprint density at radius 3 is 2.52 bits per heavy atom. The van der Waals surface area contributed by atoms with Gasteiger partial charge in [-0.25, -0.2) is 0 Å². The van der Waals surface area contributed by atoms with Gasteiger partial charge in [-0.05, 0) is 44.1 Å². The molecule has 0 aromatic carbocycles. The van der Waals surface area contributed by atoms with Gasteiger partial charge in [-0.2, -0.15) is 0 Å². The molecule has 132 valence electrons. The highest BCUT2D eigenvalue weighted by Gasteiger charge is 2.28. The van der Waals surface area contributed by atoms with Crippen LogP contribution in [0.25, 0.3) is 0 Å². The number of carbonyl (C=O) groups is 2. The van der Waals surface area contributed by atoms with Crippen molar-refractivity contribution in [2.45, 2.75) is 57.4 Å². The Morgan fingerprint density at radius 2 is 1.87 bits per heavy atom. The van der Waals surface area contributed by atoms with Gasteiger partial charge in [-0.3, -0.25) is 14.5 Å². The molecule has 2 atom stereocenters. The highest BCUT2D eigenvalue weighted by atomic mass is 16.4. The fraction of sp³-hybridized carbons (Fsp3) is 0.882. The lowest BCUT2D eigenvalue weighted by Crippen LogP contribution is -2.52. The molecule has 1 aliphatic heterocycles. The Kier molecular flexibility index (Phi) is 7.30. The molecular weight excluding hydrogens is 294 g/mol.